The first kappa shape index (κ1) is 8.58. The summed E-state index contributed by atoms with van der Waals surface area (Å²) < 4.78 is 8.06. The molecule has 0 atom stereocenters. The molecule has 60 valence electrons. The molecule has 0 fully saturated rings. The molecule has 0 bridgehead atoms. The van der Waals surface area contributed by atoms with E-state index in [1.54, 1.807) is 0 Å². The Balaban J connectivity index is 2.87. The van der Waals surface area contributed by atoms with Crippen molar-refractivity contribution < 1.29 is 9.53 Å². The van der Waals surface area contributed by atoms with E-state index in [-0.39, 0.29) is 15.2 Å². The second kappa shape index (κ2) is 3.25. The van der Waals surface area contributed by atoms with E-state index in [4.69, 9.17) is 28.9 Å². The third-order valence-electron chi connectivity index (χ3n) is 0.762. The van der Waals surface area contributed by atoms with Crippen molar-refractivity contribution in [3.8, 4) is 5.06 Å². The number of carbonyl (C=O) groups is 1. The zero-order valence-corrected chi connectivity index (χ0v) is 7.33. The summed E-state index contributed by atoms with van der Waals surface area (Å²) in [6.45, 7) is 0. The third-order valence-corrected chi connectivity index (χ3v) is 2.42. The lowest BCUT2D eigenvalue weighted by Gasteiger charge is -1.93. The maximum Gasteiger partial charge on any atom is 0.410 e. The van der Waals surface area contributed by atoms with Crippen molar-refractivity contribution in [1.82, 2.24) is 4.37 Å². The first-order chi connectivity index (χ1) is 5.11. The summed E-state index contributed by atoms with van der Waals surface area (Å²) in [5.74, 6) is 0. The molecule has 0 aromatic carbocycles. The van der Waals surface area contributed by atoms with Crippen LogP contribution in [0, 0.1) is 0 Å². The van der Waals surface area contributed by atoms with Gasteiger partial charge in [-0.15, -0.1) is 0 Å². The Morgan fingerprint density at radius 2 is 2.27 bits per heavy atom. The molecule has 0 aliphatic carbocycles. The lowest BCUT2D eigenvalue weighted by molar-refractivity contribution is 0.212. The van der Waals surface area contributed by atoms with Gasteiger partial charge in [-0.25, -0.2) is 4.79 Å². The highest BCUT2D eigenvalue weighted by atomic mass is 35.5. The zero-order chi connectivity index (χ0) is 8.43. The summed E-state index contributed by atoms with van der Waals surface area (Å²) >= 11 is 11.9. The molecule has 0 aliphatic rings. The average Bonchev–Trinajstić information content (AvgIpc) is 2.18. The van der Waals surface area contributed by atoms with E-state index >= 15 is 0 Å². The molecule has 0 aliphatic heterocycles. The number of carbonyl (C=O) groups excluding carboxylic acids is 1. The first-order valence-electron chi connectivity index (χ1n) is 2.39. The molecule has 1 rings (SSSR count). The van der Waals surface area contributed by atoms with Crippen LogP contribution in [0.25, 0.3) is 0 Å². The van der Waals surface area contributed by atoms with Gasteiger partial charge in [0, 0.05) is 11.5 Å². The summed E-state index contributed by atoms with van der Waals surface area (Å²) in [6, 6.07) is 0. The Kier molecular flexibility index (Phi) is 2.53. The smallest absolute Gasteiger partial charge is 0.396 e. The van der Waals surface area contributed by atoms with Crippen LogP contribution < -0.4 is 10.5 Å². The quantitative estimate of drug-likeness (QED) is 0.774. The van der Waals surface area contributed by atoms with E-state index in [2.05, 4.69) is 9.11 Å². The van der Waals surface area contributed by atoms with Crippen LogP contribution in [0.3, 0.4) is 0 Å². The van der Waals surface area contributed by atoms with E-state index < -0.39 is 6.09 Å². The summed E-state index contributed by atoms with van der Waals surface area (Å²) in [5, 5.41) is 0.326. The molecule has 0 unspecified atom stereocenters. The molecule has 7 heteroatoms. The van der Waals surface area contributed by atoms with Gasteiger partial charge in [-0.3, -0.25) is 0 Å². The molecule has 11 heavy (non-hydrogen) atoms. The minimum Gasteiger partial charge on any atom is -0.396 e. The predicted molar refractivity (Wildman–Crippen MR) is 42.3 cm³/mol. The molecule has 0 saturated heterocycles. The number of hydrogen-bond acceptors (Lipinski definition) is 4. The first-order valence-corrected chi connectivity index (χ1v) is 3.92. The number of aromatic nitrogens is 1. The van der Waals surface area contributed by atoms with Crippen LogP contribution in [-0.4, -0.2) is 10.5 Å². The van der Waals surface area contributed by atoms with Gasteiger partial charge in [0.2, 0.25) is 5.06 Å². The monoisotopic (exact) mass is 212 g/mol. The average molecular weight is 213 g/mol. The predicted octanol–water partition coefficient (Wildman–Crippen LogP) is 1.91. The van der Waals surface area contributed by atoms with Crippen LogP contribution in [0.2, 0.25) is 10.2 Å². The van der Waals surface area contributed by atoms with Crippen molar-refractivity contribution in [2.45, 2.75) is 0 Å². The van der Waals surface area contributed by atoms with Crippen molar-refractivity contribution >= 4 is 40.8 Å². The van der Waals surface area contributed by atoms with Gasteiger partial charge < -0.3 is 10.5 Å². The lowest BCUT2D eigenvalue weighted by Crippen LogP contribution is -2.15. The van der Waals surface area contributed by atoms with E-state index in [9.17, 15) is 4.79 Å². The number of ether oxygens (including phenoxy) is 1. The normalized spacial score (nSPS) is 9.64. The summed E-state index contributed by atoms with van der Waals surface area (Å²) in [5.41, 5.74) is 4.72. The van der Waals surface area contributed by atoms with Gasteiger partial charge >= 0.3 is 6.09 Å². The maximum absolute atomic E-state index is 10.2. The van der Waals surface area contributed by atoms with Gasteiger partial charge in [0.1, 0.15) is 5.02 Å². The molecule has 0 saturated carbocycles. The number of halogens is 2. The lowest BCUT2D eigenvalue weighted by atomic mass is 10.7. The number of hydrogen-bond donors (Lipinski definition) is 1. The van der Waals surface area contributed by atoms with Crippen LogP contribution >= 0.6 is 34.7 Å². The zero-order valence-electron chi connectivity index (χ0n) is 5.01. The van der Waals surface area contributed by atoms with Crippen LogP contribution in [0.15, 0.2) is 0 Å². The van der Waals surface area contributed by atoms with Gasteiger partial charge in [-0.05, 0) is 0 Å². The summed E-state index contributed by atoms with van der Waals surface area (Å²) in [7, 11) is 0. The Bertz CT molecular complexity index is 288. The molecular weight excluding hydrogens is 211 g/mol. The molecule has 1 amide bonds. The minimum atomic E-state index is -0.938. The Hall–Kier alpha value is -0.520. The fraction of sp³-hybridized carbons (Fsp3) is 0. The van der Waals surface area contributed by atoms with Crippen LogP contribution in [0.1, 0.15) is 0 Å². The Morgan fingerprint density at radius 3 is 2.64 bits per heavy atom. The summed E-state index contributed by atoms with van der Waals surface area (Å²) in [6.07, 6.45) is -0.938. The standard InChI is InChI=1S/C4H2Cl2N2O2S/c5-1-2(6)8-11-3(1)10-4(7)9/h(H2,7,9). The van der Waals surface area contributed by atoms with Crippen LogP contribution in [0.5, 0.6) is 5.06 Å². The largest absolute Gasteiger partial charge is 0.410 e. The molecule has 1 heterocycles. The topological polar surface area (TPSA) is 65.2 Å². The van der Waals surface area contributed by atoms with E-state index in [0.29, 0.717) is 0 Å². The molecule has 1 aromatic rings. The maximum atomic E-state index is 10.2. The van der Waals surface area contributed by atoms with Gasteiger partial charge in [0.25, 0.3) is 0 Å². The number of amides is 1. The third kappa shape index (κ3) is 1.95. The van der Waals surface area contributed by atoms with Crippen LogP contribution in [-0.2, 0) is 0 Å². The van der Waals surface area contributed by atoms with Crippen molar-refractivity contribution in [3.63, 3.8) is 0 Å². The Morgan fingerprint density at radius 1 is 1.64 bits per heavy atom. The fourth-order valence-electron chi connectivity index (χ4n) is 0.401. The van der Waals surface area contributed by atoms with Gasteiger partial charge in [0.05, 0.1) is 0 Å². The van der Waals surface area contributed by atoms with Gasteiger partial charge in [-0.2, -0.15) is 4.37 Å². The van der Waals surface area contributed by atoms with Crippen LogP contribution in [0.4, 0.5) is 4.79 Å². The molecule has 0 spiro atoms. The Labute approximate surface area is 76.0 Å². The highest BCUT2D eigenvalue weighted by Crippen LogP contribution is 2.35. The number of rotatable bonds is 1. The van der Waals surface area contributed by atoms with Crippen molar-refractivity contribution in [1.29, 1.82) is 0 Å². The summed E-state index contributed by atoms with van der Waals surface area (Å²) in [4.78, 5) is 10.2. The molecule has 4 nitrogen and oxygen atoms in total. The SMILES string of the molecule is NC(=O)Oc1snc(Cl)c1Cl. The van der Waals surface area contributed by atoms with Gasteiger partial charge in [-0.1, -0.05) is 23.2 Å². The minimum absolute atomic E-state index is 0.105. The molecule has 1 aromatic heterocycles. The van der Waals surface area contributed by atoms with Crippen molar-refractivity contribution in [2.75, 3.05) is 0 Å². The molecular formula is C4H2Cl2N2O2S. The highest BCUT2D eigenvalue weighted by Gasteiger charge is 2.12. The number of nitrogens with zero attached hydrogens (tertiary/aromatic N) is 1. The van der Waals surface area contributed by atoms with Gasteiger partial charge in [0.15, 0.2) is 5.15 Å². The van der Waals surface area contributed by atoms with E-state index in [1.807, 2.05) is 0 Å². The highest BCUT2D eigenvalue weighted by molar-refractivity contribution is 7.09. The second-order valence-electron chi connectivity index (χ2n) is 1.50. The molecule has 0 radical (unpaired) electrons. The van der Waals surface area contributed by atoms with E-state index in [1.165, 1.54) is 0 Å². The fourth-order valence-corrected chi connectivity index (χ4v) is 1.43. The number of nitrogens with two attached hydrogens (primary N) is 1. The molecule has 2 N–H and O–H groups in total. The number of primary amides is 1. The second-order valence-corrected chi connectivity index (χ2v) is 2.97. The van der Waals surface area contributed by atoms with Crippen molar-refractivity contribution in [3.05, 3.63) is 10.2 Å². The van der Waals surface area contributed by atoms with E-state index in [0.717, 1.165) is 11.5 Å². The van der Waals surface area contributed by atoms with Crippen molar-refractivity contribution in [2.24, 2.45) is 5.73 Å².